The van der Waals surface area contributed by atoms with Gasteiger partial charge < -0.3 is 0 Å². The summed E-state index contributed by atoms with van der Waals surface area (Å²) in [5.74, 6) is 0. The van der Waals surface area contributed by atoms with E-state index < -0.39 is 0 Å². The monoisotopic (exact) mass is 294 g/mol. The highest BCUT2D eigenvalue weighted by Crippen LogP contribution is 2.33. The molecular formula is C14H12BrCl. The fourth-order valence-corrected chi connectivity index (χ4v) is 2.62. The summed E-state index contributed by atoms with van der Waals surface area (Å²) in [5, 5.41) is 0.811. The highest BCUT2D eigenvalue weighted by Gasteiger charge is 2.07. The molecule has 0 spiro atoms. The van der Waals surface area contributed by atoms with Crippen LogP contribution in [0.25, 0.3) is 11.1 Å². The van der Waals surface area contributed by atoms with Crippen molar-refractivity contribution in [3.8, 4) is 11.1 Å². The number of benzene rings is 2. The summed E-state index contributed by atoms with van der Waals surface area (Å²) in [4.78, 5) is 0. The number of hydrogen-bond acceptors (Lipinski definition) is 0. The first kappa shape index (κ1) is 11.7. The molecule has 0 saturated heterocycles. The predicted molar refractivity (Wildman–Crippen MR) is 74.0 cm³/mol. The van der Waals surface area contributed by atoms with Gasteiger partial charge in [-0.2, -0.15) is 0 Å². The Morgan fingerprint density at radius 1 is 1.12 bits per heavy atom. The van der Waals surface area contributed by atoms with Crippen molar-refractivity contribution >= 4 is 27.5 Å². The van der Waals surface area contributed by atoms with Gasteiger partial charge in [0.25, 0.3) is 0 Å². The molecule has 0 heterocycles. The largest absolute Gasteiger partial charge is 0.0837 e. The van der Waals surface area contributed by atoms with Crippen LogP contribution in [0.4, 0.5) is 0 Å². The number of halogens is 2. The van der Waals surface area contributed by atoms with Crippen LogP contribution >= 0.6 is 27.5 Å². The molecular weight excluding hydrogens is 284 g/mol. The molecule has 0 saturated carbocycles. The molecule has 16 heavy (non-hydrogen) atoms. The molecule has 0 N–H and O–H groups in total. The quantitative estimate of drug-likeness (QED) is 0.702. The average molecular weight is 296 g/mol. The van der Waals surface area contributed by atoms with E-state index in [1.54, 1.807) is 0 Å². The molecule has 0 radical (unpaired) electrons. The van der Waals surface area contributed by atoms with E-state index in [4.69, 9.17) is 11.6 Å². The first-order valence-corrected chi connectivity index (χ1v) is 6.42. The Bertz CT molecular complexity index is 492. The first-order valence-electron chi connectivity index (χ1n) is 5.25. The third-order valence-electron chi connectivity index (χ3n) is 2.60. The minimum Gasteiger partial charge on any atom is -0.0837 e. The van der Waals surface area contributed by atoms with Crippen molar-refractivity contribution < 1.29 is 0 Å². The Kier molecular flexibility index (Phi) is 3.67. The highest BCUT2D eigenvalue weighted by atomic mass is 79.9. The van der Waals surface area contributed by atoms with Crippen LogP contribution in [0.3, 0.4) is 0 Å². The lowest BCUT2D eigenvalue weighted by atomic mass is 10.0. The first-order chi connectivity index (χ1) is 7.72. The fraction of sp³-hybridized carbons (Fsp3) is 0.143. The third-order valence-corrected chi connectivity index (χ3v) is 3.65. The van der Waals surface area contributed by atoms with E-state index >= 15 is 0 Å². The zero-order valence-electron chi connectivity index (χ0n) is 9.00. The van der Waals surface area contributed by atoms with E-state index in [0.717, 1.165) is 27.0 Å². The van der Waals surface area contributed by atoms with Crippen molar-refractivity contribution in [3.05, 3.63) is 57.5 Å². The highest BCUT2D eigenvalue weighted by molar-refractivity contribution is 9.10. The van der Waals surface area contributed by atoms with Crippen LogP contribution in [0.2, 0.25) is 5.02 Å². The molecule has 0 aliphatic carbocycles. The Balaban J connectivity index is 2.55. The minimum absolute atomic E-state index is 0.811. The van der Waals surface area contributed by atoms with Gasteiger partial charge in [0.05, 0.1) is 0 Å². The van der Waals surface area contributed by atoms with Crippen LogP contribution in [0, 0.1) is 0 Å². The lowest BCUT2D eigenvalue weighted by Gasteiger charge is -2.08. The molecule has 0 nitrogen and oxygen atoms in total. The molecule has 0 aliphatic heterocycles. The van der Waals surface area contributed by atoms with E-state index in [0.29, 0.717) is 0 Å². The summed E-state index contributed by atoms with van der Waals surface area (Å²) in [7, 11) is 0. The summed E-state index contributed by atoms with van der Waals surface area (Å²) in [5.41, 5.74) is 3.46. The van der Waals surface area contributed by atoms with Gasteiger partial charge in [-0.05, 0) is 29.7 Å². The summed E-state index contributed by atoms with van der Waals surface area (Å²) in [6, 6.07) is 14.3. The Morgan fingerprint density at radius 3 is 2.44 bits per heavy atom. The van der Waals surface area contributed by atoms with Crippen LogP contribution in [0.1, 0.15) is 12.5 Å². The van der Waals surface area contributed by atoms with Gasteiger partial charge in [0.1, 0.15) is 0 Å². The number of hydrogen-bond donors (Lipinski definition) is 0. The summed E-state index contributed by atoms with van der Waals surface area (Å²) >= 11 is 9.87. The third kappa shape index (κ3) is 2.31. The van der Waals surface area contributed by atoms with E-state index in [-0.39, 0.29) is 0 Å². The molecule has 82 valence electrons. The van der Waals surface area contributed by atoms with Crippen LogP contribution in [0.15, 0.2) is 46.9 Å². The molecule has 0 amide bonds. The molecule has 0 aliphatic rings. The Hall–Kier alpha value is -0.790. The van der Waals surface area contributed by atoms with Gasteiger partial charge in [0, 0.05) is 15.1 Å². The topological polar surface area (TPSA) is 0 Å². The second-order valence-electron chi connectivity index (χ2n) is 3.64. The lowest BCUT2D eigenvalue weighted by molar-refractivity contribution is 1.13. The van der Waals surface area contributed by atoms with Gasteiger partial charge >= 0.3 is 0 Å². The molecule has 0 aromatic heterocycles. The smallest absolute Gasteiger partial charge is 0.0487 e. The van der Waals surface area contributed by atoms with Crippen LogP contribution in [-0.2, 0) is 6.42 Å². The minimum atomic E-state index is 0.811. The standard InChI is InChI=1S/C14H12BrCl/c1-2-10-8-14(16)12(9-13(10)15)11-6-4-3-5-7-11/h3-9H,2H2,1H3. The van der Waals surface area contributed by atoms with E-state index in [1.807, 2.05) is 24.3 Å². The maximum absolute atomic E-state index is 6.29. The molecule has 2 heteroatoms. The second-order valence-corrected chi connectivity index (χ2v) is 4.90. The van der Waals surface area contributed by atoms with Crippen molar-refractivity contribution in [2.75, 3.05) is 0 Å². The number of aryl methyl sites for hydroxylation is 1. The molecule has 2 rings (SSSR count). The van der Waals surface area contributed by atoms with E-state index in [2.05, 4.69) is 41.1 Å². The zero-order chi connectivity index (χ0) is 11.5. The average Bonchev–Trinajstić information content (AvgIpc) is 2.32. The normalized spacial score (nSPS) is 10.4. The van der Waals surface area contributed by atoms with Crippen molar-refractivity contribution in [2.24, 2.45) is 0 Å². The van der Waals surface area contributed by atoms with Gasteiger partial charge in [-0.1, -0.05) is 64.8 Å². The SMILES string of the molecule is CCc1cc(Cl)c(-c2ccccc2)cc1Br. The fourth-order valence-electron chi connectivity index (χ4n) is 1.70. The zero-order valence-corrected chi connectivity index (χ0v) is 11.3. The van der Waals surface area contributed by atoms with Gasteiger partial charge in [0.2, 0.25) is 0 Å². The number of rotatable bonds is 2. The molecule has 0 atom stereocenters. The van der Waals surface area contributed by atoms with Gasteiger partial charge in [0.15, 0.2) is 0 Å². The van der Waals surface area contributed by atoms with Crippen LogP contribution in [-0.4, -0.2) is 0 Å². The van der Waals surface area contributed by atoms with Gasteiger partial charge in [-0.3, -0.25) is 0 Å². The molecule has 0 fully saturated rings. The second kappa shape index (κ2) is 5.03. The Labute approximate surface area is 109 Å². The molecule has 2 aromatic rings. The van der Waals surface area contributed by atoms with E-state index in [9.17, 15) is 0 Å². The molecule has 2 aromatic carbocycles. The van der Waals surface area contributed by atoms with E-state index in [1.165, 1.54) is 5.56 Å². The van der Waals surface area contributed by atoms with Crippen molar-refractivity contribution in [2.45, 2.75) is 13.3 Å². The summed E-state index contributed by atoms with van der Waals surface area (Å²) < 4.78 is 1.12. The van der Waals surface area contributed by atoms with Crippen LogP contribution in [0.5, 0.6) is 0 Å². The van der Waals surface area contributed by atoms with Crippen molar-refractivity contribution in [3.63, 3.8) is 0 Å². The van der Waals surface area contributed by atoms with Crippen molar-refractivity contribution in [1.29, 1.82) is 0 Å². The molecule has 0 unspecified atom stereocenters. The lowest BCUT2D eigenvalue weighted by Crippen LogP contribution is -1.86. The maximum atomic E-state index is 6.29. The summed E-state index contributed by atoms with van der Waals surface area (Å²) in [6.07, 6.45) is 0.982. The van der Waals surface area contributed by atoms with Gasteiger partial charge in [-0.25, -0.2) is 0 Å². The van der Waals surface area contributed by atoms with Crippen LogP contribution < -0.4 is 0 Å². The predicted octanol–water partition coefficient (Wildman–Crippen LogP) is 5.33. The Morgan fingerprint density at radius 2 is 1.81 bits per heavy atom. The maximum Gasteiger partial charge on any atom is 0.0487 e. The summed E-state index contributed by atoms with van der Waals surface area (Å²) in [6.45, 7) is 2.12. The molecule has 0 bridgehead atoms. The van der Waals surface area contributed by atoms with Crippen molar-refractivity contribution in [1.82, 2.24) is 0 Å². The van der Waals surface area contributed by atoms with Gasteiger partial charge in [-0.15, -0.1) is 0 Å².